The Labute approximate surface area is 134 Å². The van der Waals surface area contributed by atoms with Crippen LogP contribution in [0, 0.1) is 0 Å². The second-order valence-corrected chi connectivity index (χ2v) is 4.93. The van der Waals surface area contributed by atoms with Crippen molar-refractivity contribution >= 4 is 34.8 Å². The number of halogens is 1. The van der Waals surface area contributed by atoms with Crippen LogP contribution in [0.25, 0.3) is 0 Å². The number of hydrogen-bond donors (Lipinski definition) is 2. The van der Waals surface area contributed by atoms with E-state index in [9.17, 15) is 9.59 Å². The maximum absolute atomic E-state index is 11.9. The van der Waals surface area contributed by atoms with Crippen molar-refractivity contribution in [2.75, 3.05) is 25.0 Å². The van der Waals surface area contributed by atoms with Crippen LogP contribution in [0.2, 0.25) is 0 Å². The minimum absolute atomic E-state index is 0.0284. The van der Waals surface area contributed by atoms with Gasteiger partial charge in [-0.1, -0.05) is 0 Å². The highest BCUT2D eigenvalue weighted by atomic mass is 35.5. The predicted molar refractivity (Wildman–Crippen MR) is 85.9 cm³/mol. The second kappa shape index (κ2) is 9.92. The number of carboxylic acids is 1. The van der Waals surface area contributed by atoms with Crippen molar-refractivity contribution in [3.63, 3.8) is 0 Å². The number of alkyl halides is 1. The van der Waals surface area contributed by atoms with Crippen LogP contribution in [-0.4, -0.2) is 42.2 Å². The topological polar surface area (TPSA) is 88.0 Å². The predicted octanol–water partition coefficient (Wildman–Crippen LogP) is 2.78. The average Bonchev–Trinajstić information content (AvgIpc) is 2.51. The second-order valence-electron chi connectivity index (χ2n) is 4.56. The van der Waals surface area contributed by atoms with Crippen LogP contribution in [0.1, 0.15) is 29.6 Å². The van der Waals surface area contributed by atoms with Crippen LogP contribution >= 0.6 is 11.6 Å². The summed E-state index contributed by atoms with van der Waals surface area (Å²) in [5.74, 6) is -0.644. The fourth-order valence-electron chi connectivity index (χ4n) is 1.68. The minimum Gasteiger partial charge on any atom is -0.478 e. The molecule has 0 spiro atoms. The molecule has 0 radical (unpaired) electrons. The highest BCUT2D eigenvalue weighted by Gasteiger charge is 2.11. The molecular weight excluding hydrogens is 308 g/mol. The Bertz CT molecular complexity index is 529. The summed E-state index contributed by atoms with van der Waals surface area (Å²) in [5.41, 5.74) is 3.94. The lowest BCUT2D eigenvalue weighted by molar-refractivity contribution is -0.116. The third-order valence-electron chi connectivity index (χ3n) is 2.85. The van der Waals surface area contributed by atoms with Crippen molar-refractivity contribution in [2.24, 2.45) is 5.10 Å². The Hall–Kier alpha value is -1.92. The van der Waals surface area contributed by atoms with Gasteiger partial charge in [-0.3, -0.25) is 10.2 Å². The van der Waals surface area contributed by atoms with E-state index in [0.717, 1.165) is 12.8 Å². The molecule has 0 aliphatic heterocycles. The van der Waals surface area contributed by atoms with Crippen molar-refractivity contribution in [1.29, 1.82) is 0 Å². The number of Topliss-reactive ketones (excluding diaryl/α,β-unsaturated/α-hetero) is 1. The number of rotatable bonds is 10. The SMILES string of the molecule is COCC(=O)/C(CCCCCl)=N/Nc1ccc(C(=O)O)cc1. The van der Waals surface area contributed by atoms with Crippen LogP contribution < -0.4 is 5.43 Å². The Morgan fingerprint density at radius 1 is 1.27 bits per heavy atom. The van der Waals surface area contributed by atoms with Gasteiger partial charge < -0.3 is 9.84 Å². The van der Waals surface area contributed by atoms with Crippen LogP contribution in [0.15, 0.2) is 29.4 Å². The molecule has 0 atom stereocenters. The van der Waals surface area contributed by atoms with E-state index in [0.29, 0.717) is 23.7 Å². The Balaban J connectivity index is 2.73. The number of unbranched alkanes of at least 4 members (excludes halogenated alkanes) is 1. The van der Waals surface area contributed by atoms with Gasteiger partial charge in [0, 0.05) is 13.0 Å². The lowest BCUT2D eigenvalue weighted by Crippen LogP contribution is -2.20. The summed E-state index contributed by atoms with van der Waals surface area (Å²) in [6.07, 6.45) is 2.07. The van der Waals surface area contributed by atoms with Gasteiger partial charge in [0.15, 0.2) is 0 Å². The molecule has 0 bridgehead atoms. The number of ketones is 1. The molecule has 0 fully saturated rings. The molecule has 0 amide bonds. The largest absolute Gasteiger partial charge is 0.478 e. The molecule has 0 saturated carbocycles. The molecule has 0 heterocycles. The standard InChI is InChI=1S/C15H19ClN2O4/c1-22-10-14(19)13(4-2-3-9-16)18-17-12-7-5-11(6-8-12)15(20)21/h5-8,17H,2-4,9-10H2,1H3,(H,20,21)/b18-13+. The molecule has 0 saturated heterocycles. The van der Waals surface area contributed by atoms with E-state index in [1.165, 1.54) is 19.2 Å². The van der Waals surface area contributed by atoms with Gasteiger partial charge in [-0.05, 0) is 43.5 Å². The van der Waals surface area contributed by atoms with Gasteiger partial charge in [-0.25, -0.2) is 4.79 Å². The Kier molecular flexibility index (Phi) is 8.17. The zero-order chi connectivity index (χ0) is 16.4. The van der Waals surface area contributed by atoms with Crippen molar-refractivity contribution in [3.8, 4) is 0 Å². The van der Waals surface area contributed by atoms with Crippen molar-refractivity contribution in [3.05, 3.63) is 29.8 Å². The van der Waals surface area contributed by atoms with Crippen molar-refractivity contribution < 1.29 is 19.4 Å². The number of carbonyl (C=O) groups excluding carboxylic acids is 1. The number of ether oxygens (including phenoxy) is 1. The van der Waals surface area contributed by atoms with Crippen LogP contribution in [0.5, 0.6) is 0 Å². The highest BCUT2D eigenvalue weighted by Crippen LogP contribution is 2.10. The first-order chi connectivity index (χ1) is 10.6. The molecule has 0 aromatic heterocycles. The molecule has 1 aromatic rings. The maximum atomic E-state index is 11.9. The third-order valence-corrected chi connectivity index (χ3v) is 3.11. The monoisotopic (exact) mass is 326 g/mol. The number of hydrazone groups is 1. The van der Waals surface area contributed by atoms with Crippen LogP contribution in [-0.2, 0) is 9.53 Å². The molecule has 0 aliphatic rings. The van der Waals surface area contributed by atoms with Gasteiger partial charge in [0.05, 0.1) is 11.3 Å². The van der Waals surface area contributed by atoms with Crippen LogP contribution in [0.3, 0.4) is 0 Å². The first-order valence-corrected chi connectivity index (χ1v) is 7.36. The smallest absolute Gasteiger partial charge is 0.335 e. The fraction of sp³-hybridized carbons (Fsp3) is 0.400. The highest BCUT2D eigenvalue weighted by molar-refractivity contribution is 6.40. The Morgan fingerprint density at radius 2 is 1.95 bits per heavy atom. The number of carbonyl (C=O) groups is 2. The number of nitrogens with zero attached hydrogens (tertiary/aromatic N) is 1. The molecule has 1 aromatic carbocycles. The average molecular weight is 327 g/mol. The summed E-state index contributed by atoms with van der Waals surface area (Å²) in [6.45, 7) is -0.0284. The van der Waals surface area contributed by atoms with E-state index in [2.05, 4.69) is 10.5 Å². The summed E-state index contributed by atoms with van der Waals surface area (Å²) in [6, 6.07) is 6.10. The zero-order valence-corrected chi connectivity index (χ0v) is 13.1. The number of carboxylic acid groups (broad SMARTS) is 1. The lowest BCUT2D eigenvalue weighted by Gasteiger charge is -2.07. The summed E-state index contributed by atoms with van der Waals surface area (Å²) < 4.78 is 4.84. The quantitative estimate of drug-likeness (QED) is 0.299. The van der Waals surface area contributed by atoms with E-state index in [1.807, 2.05) is 0 Å². The van der Waals surface area contributed by atoms with E-state index < -0.39 is 5.97 Å². The number of anilines is 1. The molecule has 1 rings (SSSR count). The fourth-order valence-corrected chi connectivity index (χ4v) is 1.87. The molecule has 0 aliphatic carbocycles. The third kappa shape index (κ3) is 6.24. The molecule has 7 heteroatoms. The normalized spacial score (nSPS) is 11.3. The van der Waals surface area contributed by atoms with Gasteiger partial charge in [0.2, 0.25) is 5.78 Å². The number of aromatic carboxylic acids is 1. The lowest BCUT2D eigenvalue weighted by atomic mass is 10.1. The summed E-state index contributed by atoms with van der Waals surface area (Å²) in [7, 11) is 1.45. The molecule has 120 valence electrons. The number of methoxy groups -OCH3 is 1. The minimum atomic E-state index is -0.993. The van der Waals surface area contributed by atoms with Crippen molar-refractivity contribution in [1.82, 2.24) is 0 Å². The van der Waals surface area contributed by atoms with E-state index >= 15 is 0 Å². The number of hydrogen-bond acceptors (Lipinski definition) is 5. The zero-order valence-electron chi connectivity index (χ0n) is 12.3. The molecule has 22 heavy (non-hydrogen) atoms. The van der Waals surface area contributed by atoms with Gasteiger partial charge in [-0.2, -0.15) is 5.10 Å². The summed E-state index contributed by atoms with van der Waals surface area (Å²) in [4.78, 5) is 22.7. The first-order valence-electron chi connectivity index (χ1n) is 6.82. The summed E-state index contributed by atoms with van der Waals surface area (Å²) >= 11 is 5.63. The van der Waals surface area contributed by atoms with Gasteiger partial charge in [-0.15, -0.1) is 11.6 Å². The van der Waals surface area contributed by atoms with Gasteiger partial charge in [0.25, 0.3) is 0 Å². The van der Waals surface area contributed by atoms with Gasteiger partial charge >= 0.3 is 5.97 Å². The van der Waals surface area contributed by atoms with Gasteiger partial charge in [0.1, 0.15) is 12.3 Å². The molecular formula is C15H19ClN2O4. The summed E-state index contributed by atoms with van der Waals surface area (Å²) in [5, 5.41) is 12.9. The molecule has 0 unspecified atom stereocenters. The number of benzene rings is 1. The molecule has 6 nitrogen and oxygen atoms in total. The van der Waals surface area contributed by atoms with Crippen LogP contribution in [0.4, 0.5) is 5.69 Å². The first kappa shape index (κ1) is 18.1. The maximum Gasteiger partial charge on any atom is 0.335 e. The van der Waals surface area contributed by atoms with E-state index in [4.69, 9.17) is 21.4 Å². The van der Waals surface area contributed by atoms with E-state index in [-0.39, 0.29) is 18.0 Å². The number of nitrogens with one attached hydrogen (secondary N) is 1. The van der Waals surface area contributed by atoms with E-state index in [1.54, 1.807) is 12.1 Å². The molecule has 2 N–H and O–H groups in total. The van der Waals surface area contributed by atoms with Crippen molar-refractivity contribution in [2.45, 2.75) is 19.3 Å². The Morgan fingerprint density at radius 3 is 2.50 bits per heavy atom.